The quantitative estimate of drug-likeness (QED) is 0.838. The molecule has 0 spiro atoms. The van der Waals surface area contributed by atoms with Crippen molar-refractivity contribution in [2.45, 2.75) is 51.3 Å². The summed E-state index contributed by atoms with van der Waals surface area (Å²) in [6.45, 7) is 3.93. The predicted octanol–water partition coefficient (Wildman–Crippen LogP) is 1.34. The molecule has 2 heterocycles. The van der Waals surface area contributed by atoms with Gasteiger partial charge in [0.15, 0.2) is 0 Å². The highest BCUT2D eigenvalue weighted by atomic mass is 16.5. The summed E-state index contributed by atoms with van der Waals surface area (Å²) >= 11 is 0. The van der Waals surface area contributed by atoms with Crippen LogP contribution in [0.5, 0.6) is 0 Å². The van der Waals surface area contributed by atoms with Gasteiger partial charge >= 0.3 is 0 Å². The Morgan fingerprint density at radius 3 is 3.19 bits per heavy atom. The van der Waals surface area contributed by atoms with Crippen LogP contribution in [0, 0.1) is 0 Å². The first-order valence-corrected chi connectivity index (χ1v) is 6.18. The lowest BCUT2D eigenvalue weighted by molar-refractivity contribution is 0.000164. The second-order valence-electron chi connectivity index (χ2n) is 4.40. The highest BCUT2D eigenvalue weighted by Gasteiger charge is 2.22. The summed E-state index contributed by atoms with van der Waals surface area (Å²) in [5.74, 6) is 1.07. The molecule has 90 valence electrons. The van der Waals surface area contributed by atoms with Gasteiger partial charge in [-0.15, -0.1) is 0 Å². The number of nitrogens with zero attached hydrogens (tertiary/aromatic N) is 2. The Balaban J connectivity index is 1.93. The minimum absolute atomic E-state index is 0.0769. The molecule has 0 radical (unpaired) electrons. The molecule has 16 heavy (non-hydrogen) atoms. The molecular formula is C12H21N3O. The molecule has 2 rings (SSSR count). The number of aryl methyl sites for hydroxylation is 1. The van der Waals surface area contributed by atoms with E-state index in [2.05, 4.69) is 16.5 Å². The van der Waals surface area contributed by atoms with Crippen molar-refractivity contribution in [1.82, 2.24) is 9.55 Å². The van der Waals surface area contributed by atoms with Crippen LogP contribution >= 0.6 is 0 Å². The number of rotatable bonds is 4. The lowest BCUT2D eigenvalue weighted by atomic mass is 10.00. The van der Waals surface area contributed by atoms with Gasteiger partial charge in [0.25, 0.3) is 0 Å². The van der Waals surface area contributed by atoms with Crippen molar-refractivity contribution in [3.63, 3.8) is 0 Å². The number of aromatic nitrogens is 2. The molecule has 0 saturated carbocycles. The van der Waals surface area contributed by atoms with Crippen LogP contribution in [-0.4, -0.2) is 28.3 Å². The first-order chi connectivity index (χ1) is 7.81. The van der Waals surface area contributed by atoms with Gasteiger partial charge in [-0.3, -0.25) is 0 Å². The molecule has 4 heteroatoms. The van der Waals surface area contributed by atoms with E-state index in [0.29, 0.717) is 0 Å². The fourth-order valence-electron chi connectivity index (χ4n) is 2.26. The highest BCUT2D eigenvalue weighted by molar-refractivity contribution is 4.96. The van der Waals surface area contributed by atoms with Gasteiger partial charge in [0, 0.05) is 38.0 Å². The lowest BCUT2D eigenvalue weighted by Gasteiger charge is -2.27. The molecule has 1 saturated heterocycles. The van der Waals surface area contributed by atoms with Crippen LogP contribution in [0.15, 0.2) is 12.4 Å². The molecule has 1 fully saturated rings. The van der Waals surface area contributed by atoms with Crippen LogP contribution in [0.1, 0.15) is 32.0 Å². The normalized spacial score (nSPS) is 23.2. The minimum atomic E-state index is 0.0769. The summed E-state index contributed by atoms with van der Waals surface area (Å²) in [6, 6.07) is 0.0769. The standard InChI is InChI=1S/C12H21N3O/c1-2-15-7-6-14-12(15)9-10(13)11-5-3-4-8-16-11/h6-7,10-11H,2-5,8-9,13H2,1H3. The lowest BCUT2D eigenvalue weighted by Crippen LogP contribution is -2.41. The third kappa shape index (κ3) is 2.62. The topological polar surface area (TPSA) is 53.1 Å². The SMILES string of the molecule is CCn1ccnc1CC(N)C1CCCCO1. The van der Waals surface area contributed by atoms with Gasteiger partial charge < -0.3 is 15.0 Å². The van der Waals surface area contributed by atoms with Crippen LogP contribution in [0.2, 0.25) is 0 Å². The van der Waals surface area contributed by atoms with Gasteiger partial charge in [-0.05, 0) is 26.2 Å². The van der Waals surface area contributed by atoms with Crippen LogP contribution < -0.4 is 5.73 Å². The Kier molecular flexibility index (Phi) is 3.96. The summed E-state index contributed by atoms with van der Waals surface area (Å²) in [4.78, 5) is 4.35. The van der Waals surface area contributed by atoms with Gasteiger partial charge in [-0.1, -0.05) is 0 Å². The molecule has 1 aromatic rings. The van der Waals surface area contributed by atoms with E-state index in [0.717, 1.165) is 31.8 Å². The molecule has 0 aromatic carbocycles. The predicted molar refractivity (Wildman–Crippen MR) is 63.2 cm³/mol. The zero-order chi connectivity index (χ0) is 11.4. The van der Waals surface area contributed by atoms with Crippen molar-refractivity contribution < 1.29 is 4.74 Å². The van der Waals surface area contributed by atoms with Crippen molar-refractivity contribution in [3.8, 4) is 0 Å². The maximum absolute atomic E-state index is 6.18. The molecular weight excluding hydrogens is 202 g/mol. The summed E-state index contributed by atoms with van der Waals surface area (Å²) in [5, 5.41) is 0. The third-order valence-corrected chi connectivity index (χ3v) is 3.25. The van der Waals surface area contributed by atoms with Crippen LogP contribution in [0.3, 0.4) is 0 Å². The molecule has 2 N–H and O–H groups in total. The number of imidazole rings is 1. The van der Waals surface area contributed by atoms with Crippen molar-refractivity contribution in [2.75, 3.05) is 6.61 Å². The Morgan fingerprint density at radius 2 is 2.50 bits per heavy atom. The second kappa shape index (κ2) is 5.46. The molecule has 0 amide bonds. The third-order valence-electron chi connectivity index (χ3n) is 3.25. The zero-order valence-electron chi connectivity index (χ0n) is 9.93. The van der Waals surface area contributed by atoms with E-state index < -0.39 is 0 Å². The van der Waals surface area contributed by atoms with Crippen LogP contribution in [-0.2, 0) is 17.7 Å². The average Bonchev–Trinajstić information content (AvgIpc) is 2.77. The van der Waals surface area contributed by atoms with E-state index in [4.69, 9.17) is 10.5 Å². The van der Waals surface area contributed by atoms with Crippen molar-refractivity contribution in [2.24, 2.45) is 5.73 Å². The van der Waals surface area contributed by atoms with Crippen molar-refractivity contribution >= 4 is 0 Å². The monoisotopic (exact) mass is 223 g/mol. The number of hydrogen-bond donors (Lipinski definition) is 1. The summed E-state index contributed by atoms with van der Waals surface area (Å²) < 4.78 is 7.84. The van der Waals surface area contributed by atoms with Gasteiger partial charge in [-0.25, -0.2) is 4.98 Å². The zero-order valence-corrected chi connectivity index (χ0v) is 9.93. The van der Waals surface area contributed by atoms with E-state index in [9.17, 15) is 0 Å². The molecule has 2 atom stereocenters. The Bertz CT molecular complexity index is 318. The maximum atomic E-state index is 6.18. The molecule has 0 aliphatic carbocycles. The first-order valence-electron chi connectivity index (χ1n) is 6.18. The van der Waals surface area contributed by atoms with E-state index in [1.54, 1.807) is 0 Å². The van der Waals surface area contributed by atoms with Gasteiger partial charge in [-0.2, -0.15) is 0 Å². The number of hydrogen-bond acceptors (Lipinski definition) is 3. The number of nitrogens with two attached hydrogens (primary N) is 1. The molecule has 1 aromatic heterocycles. The average molecular weight is 223 g/mol. The Hall–Kier alpha value is -0.870. The maximum Gasteiger partial charge on any atom is 0.110 e. The van der Waals surface area contributed by atoms with Gasteiger partial charge in [0.05, 0.1) is 6.10 Å². The smallest absolute Gasteiger partial charge is 0.110 e. The van der Waals surface area contributed by atoms with E-state index in [1.165, 1.54) is 12.8 Å². The van der Waals surface area contributed by atoms with E-state index in [1.807, 2.05) is 12.4 Å². The molecule has 4 nitrogen and oxygen atoms in total. The fourth-order valence-corrected chi connectivity index (χ4v) is 2.26. The van der Waals surface area contributed by atoms with E-state index in [-0.39, 0.29) is 12.1 Å². The second-order valence-corrected chi connectivity index (χ2v) is 4.40. The fraction of sp³-hybridized carbons (Fsp3) is 0.750. The summed E-state index contributed by atoms with van der Waals surface area (Å²) in [7, 11) is 0. The summed E-state index contributed by atoms with van der Waals surface area (Å²) in [6.07, 6.45) is 8.37. The Morgan fingerprint density at radius 1 is 1.62 bits per heavy atom. The van der Waals surface area contributed by atoms with Crippen molar-refractivity contribution in [1.29, 1.82) is 0 Å². The van der Waals surface area contributed by atoms with Crippen molar-refractivity contribution in [3.05, 3.63) is 18.2 Å². The van der Waals surface area contributed by atoms with Gasteiger partial charge in [0.1, 0.15) is 5.82 Å². The summed E-state index contributed by atoms with van der Waals surface area (Å²) in [5.41, 5.74) is 6.18. The van der Waals surface area contributed by atoms with Crippen LogP contribution in [0.25, 0.3) is 0 Å². The molecule has 1 aliphatic rings. The Labute approximate surface area is 96.8 Å². The molecule has 2 unspecified atom stereocenters. The first kappa shape index (κ1) is 11.6. The van der Waals surface area contributed by atoms with E-state index >= 15 is 0 Å². The largest absolute Gasteiger partial charge is 0.377 e. The number of ether oxygens (including phenoxy) is 1. The minimum Gasteiger partial charge on any atom is -0.377 e. The molecule has 1 aliphatic heterocycles. The highest BCUT2D eigenvalue weighted by Crippen LogP contribution is 2.17. The van der Waals surface area contributed by atoms with Gasteiger partial charge in [0.2, 0.25) is 0 Å². The van der Waals surface area contributed by atoms with Crippen LogP contribution in [0.4, 0.5) is 0 Å². The molecule has 0 bridgehead atoms.